The lowest BCUT2D eigenvalue weighted by molar-refractivity contribution is -0.0622. The highest BCUT2D eigenvalue weighted by atomic mass is 28.4. The molecule has 2 rings (SSSR count). The Hall–Kier alpha value is 0.234. The topological polar surface area (TPSA) is 43.0 Å². The van der Waals surface area contributed by atoms with Crippen molar-refractivity contribution in [1.29, 1.82) is 0 Å². The highest BCUT2D eigenvalue weighted by Gasteiger charge is 2.55. The summed E-state index contributed by atoms with van der Waals surface area (Å²) in [5, 5.41) is 3.28. The van der Waals surface area contributed by atoms with Crippen LogP contribution in [0, 0.1) is 0 Å². The maximum atomic E-state index is 6.35. The fourth-order valence-corrected chi connectivity index (χ4v) is 7.15. The van der Waals surface area contributed by atoms with Gasteiger partial charge >= 0.3 is 8.56 Å². The van der Waals surface area contributed by atoms with Gasteiger partial charge in [0, 0.05) is 57.2 Å². The molecule has 2 unspecified atom stereocenters. The van der Waals surface area contributed by atoms with Crippen molar-refractivity contribution in [2.45, 2.75) is 49.5 Å². The molecule has 2 fully saturated rings. The van der Waals surface area contributed by atoms with Crippen LogP contribution < -0.4 is 5.32 Å². The molecule has 0 radical (unpaired) electrons. The molecule has 0 aromatic heterocycles. The normalized spacial score (nSPS) is 29.6. The largest absolute Gasteiger partial charge is 0.396 e. The molecule has 0 aromatic rings. The first-order valence-electron chi connectivity index (χ1n) is 8.76. The summed E-state index contributed by atoms with van der Waals surface area (Å²) in [4.78, 5) is 2.65. The van der Waals surface area contributed by atoms with Crippen LogP contribution in [0.4, 0.5) is 0 Å². The van der Waals surface area contributed by atoms with Crippen LogP contribution in [0.25, 0.3) is 0 Å². The SMILES string of the molecule is CO[Si](C)(OC)C1(CCC([SiH3])N2CCNCC2)CCCCO1. The van der Waals surface area contributed by atoms with Crippen molar-refractivity contribution in [1.82, 2.24) is 10.2 Å². The minimum atomic E-state index is -2.30. The molecule has 2 atom stereocenters. The molecule has 2 heterocycles. The molecule has 0 bridgehead atoms. The monoisotopic (exact) mass is 346 g/mol. The zero-order valence-corrected chi connectivity index (χ0v) is 17.8. The Bertz CT molecular complexity index is 331. The van der Waals surface area contributed by atoms with Crippen LogP contribution in [0.2, 0.25) is 6.55 Å². The highest BCUT2D eigenvalue weighted by Crippen LogP contribution is 2.39. The van der Waals surface area contributed by atoms with Crippen LogP contribution in [0.3, 0.4) is 0 Å². The van der Waals surface area contributed by atoms with Gasteiger partial charge in [-0.25, -0.2) is 0 Å². The van der Waals surface area contributed by atoms with Crippen molar-refractivity contribution in [2.75, 3.05) is 47.0 Å². The van der Waals surface area contributed by atoms with E-state index in [9.17, 15) is 0 Å². The van der Waals surface area contributed by atoms with Gasteiger partial charge in [-0.15, -0.1) is 0 Å². The lowest BCUT2D eigenvalue weighted by Gasteiger charge is -2.47. The van der Waals surface area contributed by atoms with Gasteiger partial charge in [0.15, 0.2) is 0 Å². The lowest BCUT2D eigenvalue weighted by Crippen LogP contribution is -2.63. The van der Waals surface area contributed by atoms with Gasteiger partial charge in [-0.05, 0) is 44.3 Å². The van der Waals surface area contributed by atoms with Crippen molar-refractivity contribution >= 4 is 18.8 Å². The standard InChI is InChI=1S/C15H34N2O3Si2/c1-18-22(3,19-2)15(7-4-5-13-20-15)8-6-14(21)17-11-9-16-10-12-17/h14,16H,4-13H2,1-3,21H3. The fourth-order valence-electron chi connectivity index (χ4n) is 3.84. The zero-order valence-electron chi connectivity index (χ0n) is 14.8. The third kappa shape index (κ3) is 4.00. The minimum Gasteiger partial charge on any atom is -0.396 e. The van der Waals surface area contributed by atoms with E-state index in [-0.39, 0.29) is 5.22 Å². The van der Waals surface area contributed by atoms with Crippen molar-refractivity contribution in [3.63, 3.8) is 0 Å². The molecule has 2 saturated heterocycles. The van der Waals surface area contributed by atoms with Crippen LogP contribution in [-0.2, 0) is 13.6 Å². The smallest absolute Gasteiger partial charge is 0.367 e. The summed E-state index contributed by atoms with van der Waals surface area (Å²) in [6.45, 7) is 7.66. The number of nitrogens with zero attached hydrogens (tertiary/aromatic N) is 1. The maximum absolute atomic E-state index is 6.35. The molecule has 1 N–H and O–H groups in total. The van der Waals surface area contributed by atoms with E-state index in [0.29, 0.717) is 0 Å². The van der Waals surface area contributed by atoms with Crippen LogP contribution >= 0.6 is 0 Å². The summed E-state index contributed by atoms with van der Waals surface area (Å²) in [6, 6.07) is 0. The first-order chi connectivity index (χ1) is 10.6. The van der Waals surface area contributed by atoms with E-state index in [2.05, 4.69) is 16.8 Å². The molecule has 2 aliphatic heterocycles. The van der Waals surface area contributed by atoms with Gasteiger partial charge in [0.05, 0.1) is 0 Å². The van der Waals surface area contributed by atoms with Crippen molar-refractivity contribution < 1.29 is 13.6 Å². The van der Waals surface area contributed by atoms with Crippen LogP contribution in [0.5, 0.6) is 0 Å². The Kier molecular flexibility index (Phi) is 7.06. The predicted octanol–water partition coefficient (Wildman–Crippen LogP) is 0.207. The van der Waals surface area contributed by atoms with Gasteiger partial charge in [0.25, 0.3) is 0 Å². The Balaban J connectivity index is 2.00. The quantitative estimate of drug-likeness (QED) is 0.668. The third-order valence-electron chi connectivity index (χ3n) is 5.70. The van der Waals surface area contributed by atoms with Crippen LogP contribution in [0.1, 0.15) is 32.1 Å². The molecule has 0 aliphatic carbocycles. The highest BCUT2D eigenvalue weighted by molar-refractivity contribution is 6.69. The first-order valence-corrected chi connectivity index (χ1v) is 12.2. The number of piperazine rings is 1. The zero-order chi connectivity index (χ0) is 16.1. The van der Waals surface area contributed by atoms with E-state index in [1.54, 1.807) is 14.2 Å². The number of rotatable bonds is 7. The third-order valence-corrected chi connectivity index (χ3v) is 10.9. The van der Waals surface area contributed by atoms with E-state index in [0.717, 1.165) is 38.2 Å². The average molecular weight is 347 g/mol. The summed E-state index contributed by atoms with van der Waals surface area (Å²) in [5.74, 6) is 0. The molecule has 0 saturated carbocycles. The average Bonchev–Trinajstić information content (AvgIpc) is 2.60. The molecule has 130 valence electrons. The van der Waals surface area contributed by atoms with E-state index in [1.807, 2.05) is 0 Å². The van der Waals surface area contributed by atoms with Gasteiger partial charge in [-0.1, -0.05) is 0 Å². The second-order valence-electron chi connectivity index (χ2n) is 6.83. The van der Waals surface area contributed by atoms with Gasteiger partial charge in [-0.3, -0.25) is 0 Å². The van der Waals surface area contributed by atoms with E-state index in [1.165, 1.54) is 42.6 Å². The molecule has 22 heavy (non-hydrogen) atoms. The number of nitrogens with one attached hydrogen (secondary N) is 1. The molecule has 0 aromatic carbocycles. The van der Waals surface area contributed by atoms with Crippen molar-refractivity contribution in [3.8, 4) is 0 Å². The Morgan fingerprint density at radius 1 is 1.27 bits per heavy atom. The Morgan fingerprint density at radius 3 is 2.50 bits per heavy atom. The summed E-state index contributed by atoms with van der Waals surface area (Å²) >= 11 is 0. The summed E-state index contributed by atoms with van der Waals surface area (Å²) in [5.41, 5.74) is 0.733. The molecule has 0 amide bonds. The number of hydrogen-bond donors (Lipinski definition) is 1. The second-order valence-corrected chi connectivity index (χ2v) is 11.8. The number of hydrogen-bond acceptors (Lipinski definition) is 5. The molecular weight excluding hydrogens is 312 g/mol. The maximum Gasteiger partial charge on any atom is 0.367 e. The van der Waals surface area contributed by atoms with Crippen molar-refractivity contribution in [3.05, 3.63) is 0 Å². The predicted molar refractivity (Wildman–Crippen MR) is 95.6 cm³/mol. The van der Waals surface area contributed by atoms with E-state index < -0.39 is 8.56 Å². The first kappa shape index (κ1) is 18.6. The lowest BCUT2D eigenvalue weighted by atomic mass is 10.0. The minimum absolute atomic E-state index is 0.161. The summed E-state index contributed by atoms with van der Waals surface area (Å²) in [6.07, 6.45) is 5.78. The molecule has 0 spiro atoms. The van der Waals surface area contributed by atoms with E-state index >= 15 is 0 Å². The van der Waals surface area contributed by atoms with Gasteiger partial charge < -0.3 is 23.8 Å². The van der Waals surface area contributed by atoms with Gasteiger partial charge in [0.2, 0.25) is 0 Å². The number of ether oxygens (including phenoxy) is 1. The van der Waals surface area contributed by atoms with E-state index in [4.69, 9.17) is 13.6 Å². The molecular formula is C15H34N2O3Si2. The Morgan fingerprint density at radius 2 is 1.95 bits per heavy atom. The summed E-state index contributed by atoms with van der Waals surface area (Å²) < 4.78 is 18.1. The van der Waals surface area contributed by atoms with Crippen molar-refractivity contribution in [2.24, 2.45) is 0 Å². The Labute approximate surface area is 139 Å². The van der Waals surface area contributed by atoms with Crippen LogP contribution in [-0.4, -0.2) is 81.6 Å². The van der Waals surface area contributed by atoms with Gasteiger partial charge in [-0.2, -0.15) is 0 Å². The molecule has 7 heteroatoms. The fraction of sp³-hybridized carbons (Fsp3) is 1.00. The van der Waals surface area contributed by atoms with Crippen LogP contribution in [0.15, 0.2) is 0 Å². The second kappa shape index (κ2) is 8.37. The molecule has 5 nitrogen and oxygen atoms in total. The summed E-state index contributed by atoms with van der Waals surface area (Å²) in [7, 11) is 2.50. The van der Waals surface area contributed by atoms with Gasteiger partial charge in [0.1, 0.15) is 5.22 Å². The molecule has 2 aliphatic rings.